The van der Waals surface area contributed by atoms with E-state index in [1.54, 1.807) is 0 Å². The lowest BCUT2D eigenvalue weighted by atomic mass is 10.1. The lowest BCUT2D eigenvalue weighted by Crippen LogP contribution is -2.02. The van der Waals surface area contributed by atoms with Crippen LogP contribution in [0.4, 0.5) is 0 Å². The molecule has 0 aliphatic rings. The molecule has 4 heteroatoms. The summed E-state index contributed by atoms with van der Waals surface area (Å²) in [6.07, 6.45) is 0.973. The molecule has 0 amide bonds. The third-order valence-electron chi connectivity index (χ3n) is 3.05. The Hall–Kier alpha value is -1.52. The van der Waals surface area contributed by atoms with Crippen LogP contribution >= 0.6 is 15.9 Å². The van der Waals surface area contributed by atoms with Gasteiger partial charge in [-0.3, -0.25) is 0 Å². The highest BCUT2D eigenvalue weighted by molar-refractivity contribution is 9.10. The molecule has 2 aromatic rings. The lowest BCUT2D eigenvalue weighted by Gasteiger charge is -2.13. The molecule has 0 radical (unpaired) electrons. The molecule has 112 valence electrons. The summed E-state index contributed by atoms with van der Waals surface area (Å²) in [7, 11) is 0. The summed E-state index contributed by atoms with van der Waals surface area (Å²) in [6.45, 7) is 3.79. The normalized spacial score (nSPS) is 10.4. The summed E-state index contributed by atoms with van der Waals surface area (Å²) >= 11 is 3.56. The van der Waals surface area contributed by atoms with Gasteiger partial charge in [-0.15, -0.1) is 0 Å². The van der Waals surface area contributed by atoms with Crippen LogP contribution in [0, 0.1) is 0 Å². The fraction of sp³-hybridized carbons (Fsp3) is 0.294. The van der Waals surface area contributed by atoms with E-state index in [-0.39, 0.29) is 0 Å². The van der Waals surface area contributed by atoms with E-state index in [0.717, 1.165) is 33.5 Å². The third kappa shape index (κ3) is 4.48. The Balaban J connectivity index is 2.06. The van der Waals surface area contributed by atoms with Gasteiger partial charge in [0.05, 0.1) is 6.61 Å². The molecule has 0 bridgehead atoms. The van der Waals surface area contributed by atoms with Gasteiger partial charge in [0.15, 0.2) is 11.5 Å². The summed E-state index contributed by atoms with van der Waals surface area (Å²) < 4.78 is 12.6. The number of benzene rings is 2. The number of hydrogen-bond donors (Lipinski definition) is 1. The van der Waals surface area contributed by atoms with Crippen LogP contribution in [0.1, 0.15) is 24.5 Å². The Morgan fingerprint density at radius 2 is 1.76 bits per heavy atom. The minimum Gasteiger partial charge on any atom is -0.490 e. The third-order valence-corrected chi connectivity index (χ3v) is 3.79. The van der Waals surface area contributed by atoms with Gasteiger partial charge in [-0.25, -0.2) is 0 Å². The highest BCUT2D eigenvalue weighted by Crippen LogP contribution is 2.28. The molecule has 0 atom stereocenters. The predicted octanol–water partition coefficient (Wildman–Crippen LogP) is 4.28. The number of halogens is 1. The standard InChI is InChI=1S/C17H20BrNO2/c1-2-9-20-16-5-3-4-6-17(16)21-12-14-8-7-13(11-19)10-15(14)18/h3-8,10H,2,9,11-12,19H2,1H3. The molecule has 0 saturated carbocycles. The summed E-state index contributed by atoms with van der Waals surface area (Å²) in [5, 5.41) is 0. The summed E-state index contributed by atoms with van der Waals surface area (Å²) in [6, 6.07) is 13.8. The first-order valence-corrected chi connectivity index (χ1v) is 7.86. The van der Waals surface area contributed by atoms with Gasteiger partial charge in [0.25, 0.3) is 0 Å². The monoisotopic (exact) mass is 349 g/mol. The quantitative estimate of drug-likeness (QED) is 0.811. The van der Waals surface area contributed by atoms with E-state index in [9.17, 15) is 0 Å². The smallest absolute Gasteiger partial charge is 0.161 e. The molecule has 0 saturated heterocycles. The van der Waals surface area contributed by atoms with Crippen LogP contribution in [0.25, 0.3) is 0 Å². The maximum Gasteiger partial charge on any atom is 0.161 e. The zero-order valence-corrected chi connectivity index (χ0v) is 13.7. The number of para-hydroxylation sites is 2. The summed E-state index contributed by atoms with van der Waals surface area (Å²) in [5.41, 5.74) is 7.81. The van der Waals surface area contributed by atoms with Crippen LogP contribution in [-0.2, 0) is 13.2 Å². The second-order valence-electron chi connectivity index (χ2n) is 4.71. The van der Waals surface area contributed by atoms with Gasteiger partial charge in [-0.1, -0.05) is 47.1 Å². The minimum atomic E-state index is 0.484. The minimum absolute atomic E-state index is 0.484. The van der Waals surface area contributed by atoms with E-state index >= 15 is 0 Å². The van der Waals surface area contributed by atoms with E-state index in [2.05, 4.69) is 22.9 Å². The molecule has 0 heterocycles. The van der Waals surface area contributed by atoms with Crippen molar-refractivity contribution in [1.82, 2.24) is 0 Å². The van der Waals surface area contributed by atoms with Gasteiger partial charge in [0.1, 0.15) is 6.61 Å². The first-order valence-electron chi connectivity index (χ1n) is 7.06. The first kappa shape index (κ1) is 15.9. The molecule has 0 aliphatic carbocycles. The molecule has 0 fully saturated rings. The van der Waals surface area contributed by atoms with Gasteiger partial charge in [0.2, 0.25) is 0 Å². The molecule has 3 nitrogen and oxygen atoms in total. The fourth-order valence-electron chi connectivity index (χ4n) is 1.89. The molecule has 0 aliphatic heterocycles. The number of rotatable bonds is 7. The largest absolute Gasteiger partial charge is 0.490 e. The molecule has 2 rings (SSSR count). The van der Waals surface area contributed by atoms with Crippen molar-refractivity contribution in [2.24, 2.45) is 5.73 Å². The number of ether oxygens (including phenoxy) is 2. The Bertz CT molecular complexity index is 587. The van der Waals surface area contributed by atoms with Crippen molar-refractivity contribution in [2.75, 3.05) is 6.61 Å². The van der Waals surface area contributed by atoms with Crippen molar-refractivity contribution in [3.63, 3.8) is 0 Å². The van der Waals surface area contributed by atoms with E-state index in [1.807, 2.05) is 42.5 Å². The van der Waals surface area contributed by atoms with Crippen LogP contribution in [0.15, 0.2) is 46.9 Å². The van der Waals surface area contributed by atoms with Crippen LogP contribution in [0.5, 0.6) is 11.5 Å². The molecule has 0 unspecified atom stereocenters. The molecule has 0 spiro atoms. The van der Waals surface area contributed by atoms with Crippen molar-refractivity contribution >= 4 is 15.9 Å². The molecular formula is C17H20BrNO2. The fourth-order valence-corrected chi connectivity index (χ4v) is 2.43. The maximum atomic E-state index is 5.89. The van der Waals surface area contributed by atoms with Gasteiger partial charge in [0, 0.05) is 16.6 Å². The Labute approximate surface area is 134 Å². The lowest BCUT2D eigenvalue weighted by molar-refractivity contribution is 0.261. The second kappa shape index (κ2) is 8.05. The SMILES string of the molecule is CCCOc1ccccc1OCc1ccc(CN)cc1Br. The topological polar surface area (TPSA) is 44.5 Å². The van der Waals surface area contributed by atoms with Gasteiger partial charge in [-0.2, -0.15) is 0 Å². The highest BCUT2D eigenvalue weighted by Gasteiger charge is 2.06. The van der Waals surface area contributed by atoms with E-state index in [1.165, 1.54) is 0 Å². The van der Waals surface area contributed by atoms with Crippen molar-refractivity contribution in [1.29, 1.82) is 0 Å². The Morgan fingerprint density at radius 3 is 2.38 bits per heavy atom. The van der Waals surface area contributed by atoms with Crippen LogP contribution < -0.4 is 15.2 Å². The van der Waals surface area contributed by atoms with Crippen molar-refractivity contribution in [3.05, 3.63) is 58.1 Å². The zero-order valence-electron chi connectivity index (χ0n) is 12.1. The number of nitrogens with two attached hydrogens (primary N) is 1. The van der Waals surface area contributed by atoms with E-state index < -0.39 is 0 Å². The molecule has 2 aromatic carbocycles. The van der Waals surface area contributed by atoms with E-state index in [4.69, 9.17) is 15.2 Å². The van der Waals surface area contributed by atoms with Crippen molar-refractivity contribution in [3.8, 4) is 11.5 Å². The average molecular weight is 350 g/mol. The Morgan fingerprint density at radius 1 is 1.05 bits per heavy atom. The second-order valence-corrected chi connectivity index (χ2v) is 5.57. The van der Waals surface area contributed by atoms with E-state index in [0.29, 0.717) is 19.8 Å². The highest BCUT2D eigenvalue weighted by atomic mass is 79.9. The maximum absolute atomic E-state index is 5.89. The predicted molar refractivity (Wildman–Crippen MR) is 88.6 cm³/mol. The molecular weight excluding hydrogens is 330 g/mol. The number of hydrogen-bond acceptors (Lipinski definition) is 3. The van der Waals surface area contributed by atoms with Gasteiger partial charge in [-0.05, 0) is 30.2 Å². The molecule has 21 heavy (non-hydrogen) atoms. The average Bonchev–Trinajstić information content (AvgIpc) is 2.52. The van der Waals surface area contributed by atoms with Crippen molar-refractivity contribution < 1.29 is 9.47 Å². The van der Waals surface area contributed by atoms with Crippen molar-refractivity contribution in [2.45, 2.75) is 26.5 Å². The van der Waals surface area contributed by atoms with Crippen LogP contribution in [-0.4, -0.2) is 6.61 Å². The summed E-state index contributed by atoms with van der Waals surface area (Å²) in [5.74, 6) is 1.55. The first-order chi connectivity index (χ1) is 10.2. The van der Waals surface area contributed by atoms with Gasteiger partial charge < -0.3 is 15.2 Å². The van der Waals surface area contributed by atoms with Crippen LogP contribution in [0.3, 0.4) is 0 Å². The van der Waals surface area contributed by atoms with Crippen LogP contribution in [0.2, 0.25) is 0 Å². The molecule has 2 N–H and O–H groups in total. The van der Waals surface area contributed by atoms with Gasteiger partial charge >= 0.3 is 0 Å². The summed E-state index contributed by atoms with van der Waals surface area (Å²) in [4.78, 5) is 0. The Kier molecular flexibility index (Phi) is 6.08. The molecule has 0 aromatic heterocycles. The zero-order chi connectivity index (χ0) is 15.1.